The molecule has 0 amide bonds. The molecule has 1 atom stereocenters. The molecule has 2 aromatic carbocycles. The van der Waals surface area contributed by atoms with E-state index in [-0.39, 0.29) is 11.5 Å². The first-order chi connectivity index (χ1) is 15.0. The topological polar surface area (TPSA) is 90.2 Å². The summed E-state index contributed by atoms with van der Waals surface area (Å²) in [5.74, 6) is 0.358. The molecule has 1 fully saturated rings. The van der Waals surface area contributed by atoms with E-state index in [1.807, 2.05) is 30.3 Å². The molecule has 31 heavy (non-hydrogen) atoms. The average molecular weight is 438 g/mol. The van der Waals surface area contributed by atoms with Crippen molar-refractivity contribution in [2.45, 2.75) is 31.3 Å². The minimum atomic E-state index is -3.58. The first kappa shape index (κ1) is 19.9. The number of hydrogen-bond donors (Lipinski definition) is 0. The summed E-state index contributed by atoms with van der Waals surface area (Å²) in [5.41, 5.74) is 2.85. The van der Waals surface area contributed by atoms with Gasteiger partial charge in [0.25, 0.3) is 0 Å². The number of nitrogens with zero attached hydrogens (tertiary/aromatic N) is 5. The third kappa shape index (κ3) is 3.75. The molecule has 1 aliphatic rings. The molecule has 5 rings (SSSR count). The minimum Gasteiger partial charge on any atom is -0.390 e. The Morgan fingerprint density at radius 1 is 1.16 bits per heavy atom. The lowest BCUT2D eigenvalue weighted by molar-refractivity contribution is 0.0757. The van der Waals surface area contributed by atoms with E-state index in [2.05, 4.69) is 22.2 Å². The number of hydrogen-bond acceptors (Lipinski definition) is 6. The standard InChI is InChI=1S/C22H23N5O3S/c1-16-5-4-12-26(14-16)31(28,29)19-9-10-20-21(13-19)27(25-24-20)30-15-18-7-2-6-17-8-3-11-23-22(17)18/h2-3,6-11,13,16H,4-5,12,14-15H2,1H3. The van der Waals surface area contributed by atoms with Crippen LogP contribution in [0.3, 0.4) is 0 Å². The lowest BCUT2D eigenvalue weighted by Gasteiger charge is -2.30. The lowest BCUT2D eigenvalue weighted by Crippen LogP contribution is -2.39. The first-order valence-corrected chi connectivity index (χ1v) is 11.8. The number of benzene rings is 2. The molecule has 3 heterocycles. The Kier molecular flexibility index (Phi) is 5.07. The second-order valence-electron chi connectivity index (χ2n) is 7.99. The Balaban J connectivity index is 1.44. The van der Waals surface area contributed by atoms with Crippen molar-refractivity contribution in [3.8, 4) is 0 Å². The van der Waals surface area contributed by atoms with Crippen LogP contribution in [0, 0.1) is 5.92 Å². The van der Waals surface area contributed by atoms with E-state index in [9.17, 15) is 8.42 Å². The zero-order valence-corrected chi connectivity index (χ0v) is 18.0. The third-order valence-corrected chi connectivity index (χ3v) is 7.56. The normalized spacial score (nSPS) is 17.9. The van der Waals surface area contributed by atoms with Gasteiger partial charge in [0.05, 0.1) is 10.4 Å². The van der Waals surface area contributed by atoms with Gasteiger partial charge in [0, 0.05) is 30.2 Å². The Hall–Kier alpha value is -3.04. The number of sulfonamides is 1. The van der Waals surface area contributed by atoms with Gasteiger partial charge in [0.15, 0.2) is 0 Å². The number of fused-ring (bicyclic) bond motifs is 2. The predicted molar refractivity (Wildman–Crippen MR) is 117 cm³/mol. The lowest BCUT2D eigenvalue weighted by atomic mass is 10.0. The second kappa shape index (κ2) is 7.90. The van der Waals surface area contributed by atoms with Crippen LogP contribution in [0.4, 0.5) is 0 Å². The molecule has 2 aromatic heterocycles. The smallest absolute Gasteiger partial charge is 0.243 e. The van der Waals surface area contributed by atoms with Crippen molar-refractivity contribution >= 4 is 32.0 Å². The molecular formula is C22H23N5O3S. The highest BCUT2D eigenvalue weighted by Gasteiger charge is 2.29. The fraction of sp³-hybridized carbons (Fsp3) is 0.318. The summed E-state index contributed by atoms with van der Waals surface area (Å²) in [5, 5.41) is 9.18. The minimum absolute atomic E-state index is 0.230. The molecular weight excluding hydrogens is 414 g/mol. The average Bonchev–Trinajstić information content (AvgIpc) is 3.20. The molecule has 0 bridgehead atoms. The van der Waals surface area contributed by atoms with E-state index in [4.69, 9.17) is 4.84 Å². The van der Waals surface area contributed by atoms with Crippen LogP contribution in [-0.4, -0.2) is 46.0 Å². The van der Waals surface area contributed by atoms with Crippen LogP contribution in [0.1, 0.15) is 25.3 Å². The summed E-state index contributed by atoms with van der Waals surface area (Å²) in [4.78, 5) is 11.8. The predicted octanol–water partition coefficient (Wildman–Crippen LogP) is 3.03. The van der Waals surface area contributed by atoms with Gasteiger partial charge in [-0.25, -0.2) is 8.42 Å². The fourth-order valence-electron chi connectivity index (χ4n) is 4.06. The Bertz CT molecular complexity index is 1350. The van der Waals surface area contributed by atoms with Gasteiger partial charge in [0.1, 0.15) is 17.6 Å². The van der Waals surface area contributed by atoms with Gasteiger partial charge < -0.3 is 4.84 Å². The highest BCUT2D eigenvalue weighted by Crippen LogP contribution is 2.25. The molecule has 1 aliphatic heterocycles. The van der Waals surface area contributed by atoms with Crippen molar-refractivity contribution in [3.05, 3.63) is 60.3 Å². The highest BCUT2D eigenvalue weighted by molar-refractivity contribution is 7.89. The van der Waals surface area contributed by atoms with Gasteiger partial charge in [-0.05, 0) is 48.2 Å². The van der Waals surface area contributed by atoms with E-state index >= 15 is 0 Å². The fourth-order valence-corrected chi connectivity index (χ4v) is 5.68. The molecule has 0 radical (unpaired) electrons. The maximum absolute atomic E-state index is 13.2. The quantitative estimate of drug-likeness (QED) is 0.477. The molecule has 9 heteroatoms. The van der Waals surface area contributed by atoms with Gasteiger partial charge in [0.2, 0.25) is 10.0 Å². The zero-order chi connectivity index (χ0) is 21.4. The van der Waals surface area contributed by atoms with Crippen LogP contribution < -0.4 is 4.84 Å². The summed E-state index contributed by atoms with van der Waals surface area (Å²) in [6.45, 7) is 3.41. The van der Waals surface area contributed by atoms with Crippen molar-refractivity contribution in [2.24, 2.45) is 5.92 Å². The largest absolute Gasteiger partial charge is 0.390 e. The van der Waals surface area contributed by atoms with E-state index < -0.39 is 10.0 Å². The van der Waals surface area contributed by atoms with Crippen molar-refractivity contribution in [1.29, 1.82) is 0 Å². The number of piperidine rings is 1. The summed E-state index contributed by atoms with van der Waals surface area (Å²) < 4.78 is 27.9. The van der Waals surface area contributed by atoms with Gasteiger partial charge >= 0.3 is 0 Å². The number of pyridine rings is 1. The van der Waals surface area contributed by atoms with E-state index in [0.717, 1.165) is 29.3 Å². The van der Waals surface area contributed by atoms with Gasteiger partial charge in [-0.15, -0.1) is 5.10 Å². The second-order valence-corrected chi connectivity index (χ2v) is 9.93. The monoisotopic (exact) mass is 437 g/mol. The van der Waals surface area contributed by atoms with Crippen molar-refractivity contribution in [3.63, 3.8) is 0 Å². The molecule has 8 nitrogen and oxygen atoms in total. The van der Waals surface area contributed by atoms with E-state index in [0.29, 0.717) is 30.0 Å². The van der Waals surface area contributed by atoms with Gasteiger partial charge in [-0.1, -0.05) is 36.0 Å². The summed E-state index contributed by atoms with van der Waals surface area (Å²) in [6, 6.07) is 14.6. The highest BCUT2D eigenvalue weighted by atomic mass is 32.2. The maximum Gasteiger partial charge on any atom is 0.243 e. The molecule has 0 saturated carbocycles. The number of para-hydroxylation sites is 1. The zero-order valence-electron chi connectivity index (χ0n) is 17.2. The van der Waals surface area contributed by atoms with Crippen LogP contribution in [0.15, 0.2) is 59.6 Å². The van der Waals surface area contributed by atoms with Crippen molar-refractivity contribution in [2.75, 3.05) is 13.1 Å². The van der Waals surface area contributed by atoms with Crippen LogP contribution in [-0.2, 0) is 16.6 Å². The van der Waals surface area contributed by atoms with Gasteiger partial charge in [-0.3, -0.25) is 4.98 Å². The first-order valence-electron chi connectivity index (χ1n) is 10.3. The van der Waals surface area contributed by atoms with Crippen LogP contribution >= 0.6 is 0 Å². The van der Waals surface area contributed by atoms with Crippen LogP contribution in [0.5, 0.6) is 0 Å². The molecule has 160 valence electrons. The van der Waals surface area contributed by atoms with Gasteiger partial charge in [-0.2, -0.15) is 4.31 Å². The maximum atomic E-state index is 13.2. The van der Waals surface area contributed by atoms with E-state index in [1.165, 1.54) is 4.85 Å². The number of rotatable bonds is 5. The number of aromatic nitrogens is 4. The molecule has 1 unspecified atom stereocenters. The molecule has 0 spiro atoms. The van der Waals surface area contributed by atoms with Crippen LogP contribution in [0.25, 0.3) is 21.9 Å². The summed E-state index contributed by atoms with van der Waals surface area (Å²) >= 11 is 0. The van der Waals surface area contributed by atoms with Crippen molar-refractivity contribution in [1.82, 2.24) is 24.4 Å². The summed E-state index contributed by atoms with van der Waals surface area (Å²) in [7, 11) is -3.58. The molecule has 1 saturated heterocycles. The summed E-state index contributed by atoms with van der Waals surface area (Å²) in [6.07, 6.45) is 3.68. The molecule has 4 aromatic rings. The van der Waals surface area contributed by atoms with Crippen LogP contribution in [0.2, 0.25) is 0 Å². The van der Waals surface area contributed by atoms with E-state index in [1.54, 1.807) is 28.7 Å². The Morgan fingerprint density at radius 2 is 2.03 bits per heavy atom. The SMILES string of the molecule is CC1CCCN(S(=O)(=O)c2ccc3nnn(OCc4cccc5cccnc45)c3c2)C1. The van der Waals surface area contributed by atoms with Crippen molar-refractivity contribution < 1.29 is 13.3 Å². The Morgan fingerprint density at radius 3 is 2.90 bits per heavy atom. The molecule has 0 aliphatic carbocycles. The molecule has 0 N–H and O–H groups in total. The third-order valence-electron chi connectivity index (χ3n) is 5.70. The Labute approximate surface area is 180 Å².